The molecule has 2 aromatic carbocycles. The number of ether oxygens (including phenoxy) is 4. The molecule has 0 saturated carbocycles. The van der Waals surface area contributed by atoms with E-state index in [0.717, 1.165) is 11.4 Å². The van der Waals surface area contributed by atoms with E-state index in [2.05, 4.69) is 20.2 Å². The molecule has 1 amide bonds. The zero-order chi connectivity index (χ0) is 32.2. The molecule has 0 radical (unpaired) electrons. The molecule has 0 aliphatic carbocycles. The maximum absolute atomic E-state index is 14.7. The maximum atomic E-state index is 14.7. The van der Waals surface area contributed by atoms with Crippen molar-refractivity contribution in [3.05, 3.63) is 59.4 Å². The third kappa shape index (κ3) is 7.40. The van der Waals surface area contributed by atoms with Crippen LogP contribution in [0.5, 0.6) is 17.2 Å². The number of carbonyl (C=O) groups is 1. The SMILES string of the molecule is COc1cc(Nc2ncc(CCc3c(F)c(OC)cc(OC)c3F)cn2)ccc1N1C[C@@H](C)N(C(=O)OC(C)(C)C)[C@@H](C)C1. The zero-order valence-electron chi connectivity index (χ0n) is 26.5. The quantitative estimate of drug-likeness (QED) is 0.305. The zero-order valence-corrected chi connectivity index (χ0v) is 26.5. The lowest BCUT2D eigenvalue weighted by molar-refractivity contribution is 0.00564. The van der Waals surface area contributed by atoms with Gasteiger partial charge in [-0.1, -0.05) is 0 Å². The maximum Gasteiger partial charge on any atom is 0.410 e. The molecule has 0 bridgehead atoms. The van der Waals surface area contributed by atoms with Gasteiger partial charge in [0, 0.05) is 48.9 Å². The van der Waals surface area contributed by atoms with Gasteiger partial charge in [-0.15, -0.1) is 0 Å². The van der Waals surface area contributed by atoms with Gasteiger partial charge in [-0.25, -0.2) is 23.5 Å². The first-order chi connectivity index (χ1) is 20.8. The number of nitrogens with one attached hydrogen (secondary N) is 1. The second-order valence-corrected chi connectivity index (χ2v) is 11.8. The van der Waals surface area contributed by atoms with E-state index < -0.39 is 17.2 Å². The van der Waals surface area contributed by atoms with Gasteiger partial charge in [-0.3, -0.25) is 4.90 Å². The van der Waals surface area contributed by atoms with Crippen molar-refractivity contribution in [2.45, 2.75) is 65.1 Å². The van der Waals surface area contributed by atoms with E-state index in [1.54, 1.807) is 24.4 Å². The van der Waals surface area contributed by atoms with Crippen LogP contribution in [0.15, 0.2) is 36.7 Å². The second-order valence-electron chi connectivity index (χ2n) is 11.8. The summed E-state index contributed by atoms with van der Waals surface area (Å²) in [6, 6.07) is 6.79. The van der Waals surface area contributed by atoms with E-state index in [-0.39, 0.29) is 41.7 Å². The first-order valence-electron chi connectivity index (χ1n) is 14.5. The summed E-state index contributed by atoms with van der Waals surface area (Å²) in [7, 11) is 4.25. The topological polar surface area (TPSA) is 98.3 Å². The molecule has 1 aliphatic heterocycles. The van der Waals surface area contributed by atoms with Crippen LogP contribution in [0.25, 0.3) is 0 Å². The molecule has 1 N–H and O–H groups in total. The number of amides is 1. The van der Waals surface area contributed by atoms with Crippen LogP contribution < -0.4 is 24.4 Å². The number of aryl methyl sites for hydroxylation is 1. The summed E-state index contributed by atoms with van der Waals surface area (Å²) >= 11 is 0. The molecule has 0 unspecified atom stereocenters. The monoisotopic (exact) mass is 613 g/mol. The van der Waals surface area contributed by atoms with Crippen LogP contribution in [0.4, 0.5) is 30.9 Å². The van der Waals surface area contributed by atoms with Crippen molar-refractivity contribution in [1.82, 2.24) is 14.9 Å². The summed E-state index contributed by atoms with van der Waals surface area (Å²) in [5, 5.41) is 3.18. The number of nitrogens with zero attached hydrogens (tertiary/aromatic N) is 4. The van der Waals surface area contributed by atoms with Gasteiger partial charge in [0.25, 0.3) is 0 Å². The minimum absolute atomic E-state index is 0.0676. The minimum Gasteiger partial charge on any atom is -0.495 e. The van der Waals surface area contributed by atoms with Crippen molar-refractivity contribution in [2.24, 2.45) is 0 Å². The Morgan fingerprint density at radius 2 is 1.48 bits per heavy atom. The van der Waals surface area contributed by atoms with Crippen molar-refractivity contribution in [3.63, 3.8) is 0 Å². The van der Waals surface area contributed by atoms with Crippen LogP contribution in [-0.2, 0) is 17.6 Å². The molecule has 12 heteroatoms. The van der Waals surface area contributed by atoms with Crippen LogP contribution in [-0.4, -0.2) is 73.1 Å². The Morgan fingerprint density at radius 3 is 2.00 bits per heavy atom. The Kier molecular flexibility index (Phi) is 10.0. The normalized spacial score (nSPS) is 16.9. The van der Waals surface area contributed by atoms with Gasteiger partial charge >= 0.3 is 6.09 Å². The number of hydrogen-bond donors (Lipinski definition) is 1. The lowest BCUT2D eigenvalue weighted by Crippen LogP contribution is -2.59. The molecule has 44 heavy (non-hydrogen) atoms. The van der Waals surface area contributed by atoms with Crippen molar-refractivity contribution in [1.29, 1.82) is 0 Å². The Bertz CT molecular complexity index is 1420. The van der Waals surface area contributed by atoms with Gasteiger partial charge in [0.15, 0.2) is 23.1 Å². The highest BCUT2D eigenvalue weighted by atomic mass is 19.1. The molecule has 10 nitrogen and oxygen atoms in total. The predicted octanol–water partition coefficient (Wildman–Crippen LogP) is 6.14. The number of halogens is 2. The summed E-state index contributed by atoms with van der Waals surface area (Å²) in [4.78, 5) is 25.6. The third-order valence-corrected chi connectivity index (χ3v) is 7.33. The fourth-order valence-electron chi connectivity index (χ4n) is 5.31. The molecule has 0 spiro atoms. The largest absolute Gasteiger partial charge is 0.495 e. The number of anilines is 3. The van der Waals surface area contributed by atoms with Gasteiger partial charge in [0.05, 0.1) is 39.1 Å². The molecular weight excluding hydrogens is 572 g/mol. The molecule has 2 atom stereocenters. The fraction of sp³-hybridized carbons (Fsp3) is 0.469. The molecule has 4 rings (SSSR count). The molecule has 1 aromatic heterocycles. The van der Waals surface area contributed by atoms with Gasteiger partial charge in [-0.05, 0) is 65.2 Å². The first-order valence-corrected chi connectivity index (χ1v) is 14.5. The van der Waals surface area contributed by atoms with Crippen molar-refractivity contribution in [3.8, 4) is 17.2 Å². The third-order valence-electron chi connectivity index (χ3n) is 7.33. The number of benzene rings is 2. The summed E-state index contributed by atoms with van der Waals surface area (Å²) in [5.74, 6) is -0.649. The summed E-state index contributed by atoms with van der Waals surface area (Å²) < 4.78 is 50.8. The van der Waals surface area contributed by atoms with Crippen molar-refractivity contribution < 1.29 is 32.5 Å². The van der Waals surface area contributed by atoms with Gasteiger partial charge < -0.3 is 29.2 Å². The molecule has 1 aliphatic rings. The molecule has 238 valence electrons. The van der Waals surface area contributed by atoms with Crippen LogP contribution in [0, 0.1) is 11.6 Å². The van der Waals surface area contributed by atoms with Crippen molar-refractivity contribution in [2.75, 3.05) is 44.6 Å². The highest BCUT2D eigenvalue weighted by Crippen LogP contribution is 2.35. The Labute approximate surface area is 257 Å². The van der Waals surface area contributed by atoms with E-state index in [1.807, 2.05) is 52.8 Å². The number of piperazine rings is 1. The number of aromatic nitrogens is 2. The average Bonchev–Trinajstić information content (AvgIpc) is 2.96. The minimum atomic E-state index is -0.753. The van der Waals surface area contributed by atoms with Crippen LogP contribution in [0.2, 0.25) is 0 Å². The van der Waals surface area contributed by atoms with Gasteiger partial charge in [0.1, 0.15) is 11.4 Å². The van der Waals surface area contributed by atoms with Crippen LogP contribution >= 0.6 is 0 Å². The lowest BCUT2D eigenvalue weighted by Gasteiger charge is -2.45. The van der Waals surface area contributed by atoms with Crippen molar-refractivity contribution >= 4 is 23.4 Å². The van der Waals surface area contributed by atoms with Crippen LogP contribution in [0.1, 0.15) is 45.7 Å². The molecular formula is C32H41F2N5O5. The Balaban J connectivity index is 1.41. The Morgan fingerprint density at radius 1 is 0.909 bits per heavy atom. The Hall–Kier alpha value is -4.35. The number of carbonyl (C=O) groups excluding carboxylic acids is 1. The van der Waals surface area contributed by atoms with Crippen LogP contribution in [0.3, 0.4) is 0 Å². The van der Waals surface area contributed by atoms with E-state index in [0.29, 0.717) is 36.8 Å². The summed E-state index contributed by atoms with van der Waals surface area (Å²) in [6.45, 7) is 10.8. The number of hydrogen-bond acceptors (Lipinski definition) is 9. The van der Waals surface area contributed by atoms with Gasteiger partial charge in [0.2, 0.25) is 5.95 Å². The smallest absolute Gasteiger partial charge is 0.410 e. The molecule has 2 heterocycles. The molecule has 1 fully saturated rings. The highest BCUT2D eigenvalue weighted by Gasteiger charge is 2.36. The number of rotatable bonds is 9. The predicted molar refractivity (Wildman–Crippen MR) is 164 cm³/mol. The number of methoxy groups -OCH3 is 3. The average molecular weight is 614 g/mol. The summed E-state index contributed by atoms with van der Waals surface area (Å²) in [6.07, 6.45) is 3.30. The standard InChI is InChI=1S/C32H41F2N5O5/c1-19-17-38(18-20(2)39(19)31(40)44-32(3,4)5)24-12-10-22(13-25(24)41-6)37-30-35-15-21(16-36-30)9-11-23-28(33)26(42-7)14-27(43-8)29(23)34/h10,12-16,19-20H,9,11,17-18H2,1-8H3,(H,35,36,37)/t19-,20+. The van der Waals surface area contributed by atoms with E-state index >= 15 is 0 Å². The fourth-order valence-corrected chi connectivity index (χ4v) is 5.31. The second kappa shape index (κ2) is 13.5. The molecule has 1 saturated heterocycles. The molecule has 3 aromatic rings. The van der Waals surface area contributed by atoms with E-state index in [9.17, 15) is 13.6 Å². The highest BCUT2D eigenvalue weighted by molar-refractivity contribution is 5.71. The first kappa shape index (κ1) is 32.6. The summed E-state index contributed by atoms with van der Waals surface area (Å²) in [5.41, 5.74) is 1.65. The van der Waals surface area contributed by atoms with E-state index in [1.165, 1.54) is 20.3 Å². The lowest BCUT2D eigenvalue weighted by atomic mass is 10.0. The van der Waals surface area contributed by atoms with E-state index in [4.69, 9.17) is 18.9 Å². The van der Waals surface area contributed by atoms with Gasteiger partial charge in [-0.2, -0.15) is 0 Å².